The van der Waals surface area contributed by atoms with Crippen LogP contribution in [0.4, 0.5) is 5.69 Å². The van der Waals surface area contributed by atoms with Gasteiger partial charge in [-0.1, -0.05) is 25.1 Å². The molecular weight excluding hydrogens is 364 g/mol. The third-order valence-corrected chi connectivity index (χ3v) is 5.70. The van der Waals surface area contributed by atoms with Gasteiger partial charge in [-0.25, -0.2) is 0 Å². The summed E-state index contributed by atoms with van der Waals surface area (Å²) in [6.45, 7) is 1.61. The number of fused-ring (bicyclic) bond motifs is 1. The number of nitro groups is 1. The van der Waals surface area contributed by atoms with Gasteiger partial charge < -0.3 is 9.64 Å². The number of carbonyl (C=O) groups is 3. The summed E-state index contributed by atoms with van der Waals surface area (Å²) in [4.78, 5) is 48.9. The maximum absolute atomic E-state index is 12.5. The van der Waals surface area contributed by atoms with E-state index in [1.165, 1.54) is 0 Å². The first kappa shape index (κ1) is 20.0. The molecule has 1 amide bonds. The lowest BCUT2D eigenvalue weighted by Gasteiger charge is -2.29. The Morgan fingerprint density at radius 3 is 2.82 bits per heavy atom. The molecule has 0 aromatic heterocycles. The van der Waals surface area contributed by atoms with E-state index in [0.717, 1.165) is 24.1 Å². The minimum atomic E-state index is -0.710. The molecule has 3 atom stereocenters. The number of hydrogen-bond acceptors (Lipinski definition) is 6. The van der Waals surface area contributed by atoms with E-state index < -0.39 is 29.3 Å². The Balaban J connectivity index is 1.56. The van der Waals surface area contributed by atoms with Crippen LogP contribution < -0.4 is 4.90 Å². The van der Waals surface area contributed by atoms with Crippen molar-refractivity contribution < 1.29 is 24.0 Å². The van der Waals surface area contributed by atoms with Gasteiger partial charge in [0.1, 0.15) is 5.78 Å². The molecule has 0 bridgehead atoms. The Bertz CT molecular complexity index is 793. The molecule has 1 fully saturated rings. The number of nitrogens with zero attached hydrogens (tertiary/aromatic N) is 2. The van der Waals surface area contributed by atoms with Crippen molar-refractivity contribution in [1.29, 1.82) is 0 Å². The SMILES string of the molecule is C[C@@H]1CC(=O)[C@@H](CC(=O)OCC(=O)N2CCCc3ccccc32)[C@@H]1C[N+](=O)[O-]. The fourth-order valence-corrected chi connectivity index (χ4v) is 4.25. The molecule has 0 spiro atoms. The zero-order valence-corrected chi connectivity index (χ0v) is 15.8. The Morgan fingerprint density at radius 1 is 1.32 bits per heavy atom. The lowest BCUT2D eigenvalue weighted by molar-refractivity contribution is -0.490. The number of anilines is 1. The molecule has 28 heavy (non-hydrogen) atoms. The summed E-state index contributed by atoms with van der Waals surface area (Å²) in [7, 11) is 0. The highest BCUT2D eigenvalue weighted by Crippen LogP contribution is 2.36. The molecule has 1 aromatic carbocycles. The Labute approximate surface area is 163 Å². The van der Waals surface area contributed by atoms with Gasteiger partial charge in [0.05, 0.1) is 6.42 Å². The van der Waals surface area contributed by atoms with Gasteiger partial charge in [0, 0.05) is 35.4 Å². The minimum Gasteiger partial charge on any atom is -0.456 e. The van der Waals surface area contributed by atoms with E-state index in [0.29, 0.717) is 6.54 Å². The van der Waals surface area contributed by atoms with E-state index in [-0.39, 0.29) is 37.0 Å². The average Bonchev–Trinajstić information content (AvgIpc) is 2.92. The van der Waals surface area contributed by atoms with Crippen molar-refractivity contribution >= 4 is 23.3 Å². The van der Waals surface area contributed by atoms with E-state index in [4.69, 9.17) is 4.74 Å². The lowest BCUT2D eigenvalue weighted by atomic mass is 9.88. The van der Waals surface area contributed by atoms with Crippen molar-refractivity contribution in [3.8, 4) is 0 Å². The summed E-state index contributed by atoms with van der Waals surface area (Å²) in [5.74, 6) is -2.44. The predicted molar refractivity (Wildman–Crippen MR) is 100 cm³/mol. The molecule has 150 valence electrons. The van der Waals surface area contributed by atoms with Crippen LogP contribution in [0.2, 0.25) is 0 Å². The molecule has 8 heteroatoms. The van der Waals surface area contributed by atoms with Crippen molar-refractivity contribution in [2.24, 2.45) is 17.8 Å². The number of para-hydroxylation sites is 1. The third kappa shape index (κ3) is 4.37. The van der Waals surface area contributed by atoms with Crippen LogP contribution in [0.3, 0.4) is 0 Å². The summed E-state index contributed by atoms with van der Waals surface area (Å²) in [5.41, 5.74) is 1.92. The van der Waals surface area contributed by atoms with Gasteiger partial charge in [-0.2, -0.15) is 0 Å². The summed E-state index contributed by atoms with van der Waals surface area (Å²) in [5, 5.41) is 10.9. The Morgan fingerprint density at radius 2 is 2.07 bits per heavy atom. The van der Waals surface area contributed by atoms with Gasteiger partial charge in [-0.05, 0) is 30.4 Å². The highest BCUT2D eigenvalue weighted by Gasteiger charge is 2.44. The fraction of sp³-hybridized carbons (Fsp3) is 0.550. The van der Waals surface area contributed by atoms with Crippen molar-refractivity contribution in [1.82, 2.24) is 0 Å². The molecule has 8 nitrogen and oxygen atoms in total. The Hall–Kier alpha value is -2.77. The van der Waals surface area contributed by atoms with E-state index in [1.54, 1.807) is 11.8 Å². The van der Waals surface area contributed by atoms with Crippen LogP contribution in [0, 0.1) is 27.9 Å². The molecule has 3 rings (SSSR count). The summed E-state index contributed by atoms with van der Waals surface area (Å²) >= 11 is 0. The molecule has 0 N–H and O–H groups in total. The van der Waals surface area contributed by atoms with Crippen molar-refractivity contribution in [3.05, 3.63) is 39.9 Å². The van der Waals surface area contributed by atoms with Gasteiger partial charge >= 0.3 is 5.97 Å². The molecule has 1 heterocycles. The standard InChI is InChI=1S/C20H24N2O6/c1-13-9-18(23)15(16(13)11-22(26)27)10-20(25)28-12-19(24)21-8-4-6-14-5-2-3-7-17(14)21/h2-3,5,7,13,15-16H,4,6,8-12H2,1H3/t13-,15+,16-/m1/s1. The maximum atomic E-state index is 12.5. The molecular formula is C20H24N2O6. The number of aryl methyl sites for hydroxylation is 1. The highest BCUT2D eigenvalue weighted by molar-refractivity contribution is 5.96. The fourth-order valence-electron chi connectivity index (χ4n) is 4.25. The minimum absolute atomic E-state index is 0.137. The molecule has 1 aliphatic carbocycles. The number of rotatable bonds is 6. The summed E-state index contributed by atoms with van der Waals surface area (Å²) in [6.07, 6.45) is 1.76. The predicted octanol–water partition coefficient (Wildman–Crippen LogP) is 2.02. The quantitative estimate of drug-likeness (QED) is 0.419. The molecule has 0 radical (unpaired) electrons. The van der Waals surface area contributed by atoms with E-state index in [2.05, 4.69) is 0 Å². The van der Waals surface area contributed by atoms with Gasteiger partial charge in [-0.3, -0.25) is 24.5 Å². The number of hydrogen-bond donors (Lipinski definition) is 0. The number of benzene rings is 1. The van der Waals surface area contributed by atoms with Crippen LogP contribution in [0.15, 0.2) is 24.3 Å². The van der Waals surface area contributed by atoms with E-state index in [1.807, 2.05) is 24.3 Å². The molecule has 1 aliphatic heterocycles. The number of esters is 1. The van der Waals surface area contributed by atoms with Gasteiger partial charge in [-0.15, -0.1) is 0 Å². The van der Waals surface area contributed by atoms with Crippen LogP contribution in [0.5, 0.6) is 0 Å². The zero-order chi connectivity index (χ0) is 20.3. The second kappa shape index (κ2) is 8.50. The van der Waals surface area contributed by atoms with Crippen LogP contribution in [0.25, 0.3) is 0 Å². The van der Waals surface area contributed by atoms with Gasteiger partial charge in [0.25, 0.3) is 5.91 Å². The zero-order valence-electron chi connectivity index (χ0n) is 15.8. The van der Waals surface area contributed by atoms with E-state index in [9.17, 15) is 24.5 Å². The molecule has 1 aromatic rings. The smallest absolute Gasteiger partial charge is 0.307 e. The first-order chi connectivity index (χ1) is 13.4. The number of carbonyl (C=O) groups excluding carboxylic acids is 3. The number of amides is 1. The first-order valence-electron chi connectivity index (χ1n) is 9.55. The summed E-state index contributed by atoms with van der Waals surface area (Å²) < 4.78 is 5.12. The molecule has 2 aliphatic rings. The summed E-state index contributed by atoms with van der Waals surface area (Å²) in [6, 6.07) is 7.63. The first-order valence-corrected chi connectivity index (χ1v) is 9.55. The maximum Gasteiger partial charge on any atom is 0.307 e. The number of ketones is 1. The van der Waals surface area contributed by atoms with Crippen LogP contribution >= 0.6 is 0 Å². The normalized spacial score (nSPS) is 24.0. The molecule has 1 saturated carbocycles. The van der Waals surface area contributed by atoms with E-state index >= 15 is 0 Å². The second-order valence-electron chi connectivity index (χ2n) is 7.58. The monoisotopic (exact) mass is 388 g/mol. The van der Waals surface area contributed by atoms with Crippen molar-refractivity contribution in [3.63, 3.8) is 0 Å². The average molecular weight is 388 g/mol. The lowest BCUT2D eigenvalue weighted by Crippen LogP contribution is -2.38. The van der Waals surface area contributed by atoms with Gasteiger partial charge in [0.2, 0.25) is 6.54 Å². The third-order valence-electron chi connectivity index (χ3n) is 5.70. The number of Topliss-reactive ketones (excluding diaryl/α,β-unsaturated/α-hetero) is 1. The number of ether oxygens (including phenoxy) is 1. The topological polar surface area (TPSA) is 107 Å². The van der Waals surface area contributed by atoms with Crippen molar-refractivity contribution in [2.75, 3.05) is 24.6 Å². The largest absolute Gasteiger partial charge is 0.456 e. The Kier molecular flexibility index (Phi) is 6.06. The van der Waals surface area contributed by atoms with Crippen LogP contribution in [-0.2, 0) is 25.5 Å². The van der Waals surface area contributed by atoms with Crippen LogP contribution in [0.1, 0.15) is 31.7 Å². The van der Waals surface area contributed by atoms with Gasteiger partial charge in [0.15, 0.2) is 6.61 Å². The highest BCUT2D eigenvalue weighted by atomic mass is 16.6. The van der Waals surface area contributed by atoms with Crippen molar-refractivity contribution in [2.45, 2.75) is 32.6 Å². The molecule has 0 saturated heterocycles. The second-order valence-corrected chi connectivity index (χ2v) is 7.58. The van der Waals surface area contributed by atoms with Crippen LogP contribution in [-0.4, -0.2) is 42.3 Å². The molecule has 0 unspecified atom stereocenters.